The molecule has 0 radical (unpaired) electrons. The second-order valence-corrected chi connectivity index (χ2v) is 10.0. The van der Waals surface area contributed by atoms with Crippen molar-refractivity contribution in [1.82, 2.24) is 19.4 Å². The molecule has 1 aromatic heterocycles. The predicted molar refractivity (Wildman–Crippen MR) is 124 cm³/mol. The molecule has 2 aliphatic carbocycles. The summed E-state index contributed by atoms with van der Waals surface area (Å²) < 4.78 is 42.6. The zero-order valence-corrected chi connectivity index (χ0v) is 20.0. The Morgan fingerprint density at radius 1 is 1.15 bits per heavy atom. The standard InChI is InChI=1S/C23H30F3N5OS/c1-14(2)31-17(12-30(3)13-23(24,25)26)11-20(28-31)33-29-22(32)27-21-18-8-4-6-15(18)10-16-7-5-9-19(16)21/h10-11,14H,4-9,12-13H2,1-3H3,(H2,27,29,32). The lowest BCUT2D eigenvalue weighted by atomic mass is 9.99. The molecule has 0 saturated carbocycles. The zero-order chi connectivity index (χ0) is 23.8. The number of hydrogen-bond acceptors (Lipinski definition) is 4. The number of nitrogens with zero attached hydrogens (tertiary/aromatic N) is 3. The number of aromatic nitrogens is 2. The number of anilines is 1. The summed E-state index contributed by atoms with van der Waals surface area (Å²) in [5.74, 6) is 0. The molecule has 0 aliphatic heterocycles. The second kappa shape index (κ2) is 9.58. The fourth-order valence-electron chi connectivity index (χ4n) is 4.87. The number of rotatable bonds is 7. The highest BCUT2D eigenvalue weighted by molar-refractivity contribution is 7.97. The molecule has 6 nitrogen and oxygen atoms in total. The van der Waals surface area contributed by atoms with E-state index in [1.165, 1.54) is 34.2 Å². The summed E-state index contributed by atoms with van der Waals surface area (Å²) in [4.78, 5) is 13.9. The highest BCUT2D eigenvalue weighted by Crippen LogP contribution is 2.38. The van der Waals surface area contributed by atoms with Crippen molar-refractivity contribution in [3.63, 3.8) is 0 Å². The summed E-state index contributed by atoms with van der Waals surface area (Å²) in [7, 11) is 1.43. The van der Waals surface area contributed by atoms with E-state index in [0.717, 1.165) is 56.2 Å². The molecule has 0 atom stereocenters. The van der Waals surface area contributed by atoms with Gasteiger partial charge in [-0.15, -0.1) is 0 Å². The second-order valence-electron chi connectivity index (χ2n) is 9.19. The summed E-state index contributed by atoms with van der Waals surface area (Å²) in [6.45, 7) is 2.96. The average Bonchev–Trinajstić information content (AvgIpc) is 3.43. The van der Waals surface area contributed by atoms with Gasteiger partial charge in [-0.3, -0.25) is 14.3 Å². The lowest BCUT2D eigenvalue weighted by molar-refractivity contribution is -0.144. The van der Waals surface area contributed by atoms with E-state index >= 15 is 0 Å². The molecule has 4 rings (SSSR count). The lowest BCUT2D eigenvalue weighted by Crippen LogP contribution is -2.31. The molecule has 1 aromatic carbocycles. The van der Waals surface area contributed by atoms with Crippen molar-refractivity contribution in [3.05, 3.63) is 40.1 Å². The number of alkyl halides is 3. The van der Waals surface area contributed by atoms with E-state index in [0.29, 0.717) is 10.7 Å². The van der Waals surface area contributed by atoms with Gasteiger partial charge in [-0.05, 0) is 87.7 Å². The van der Waals surface area contributed by atoms with E-state index in [-0.39, 0.29) is 18.6 Å². The van der Waals surface area contributed by atoms with Crippen LogP contribution < -0.4 is 10.0 Å². The van der Waals surface area contributed by atoms with E-state index in [1.807, 2.05) is 13.8 Å². The maximum Gasteiger partial charge on any atom is 0.401 e. The number of fused-ring (bicyclic) bond motifs is 2. The smallest absolute Gasteiger partial charge is 0.307 e. The summed E-state index contributed by atoms with van der Waals surface area (Å²) in [6, 6.07) is 3.72. The first-order chi connectivity index (χ1) is 15.6. The largest absolute Gasteiger partial charge is 0.401 e. The Labute approximate surface area is 196 Å². The van der Waals surface area contributed by atoms with Crippen LogP contribution in [0.3, 0.4) is 0 Å². The number of amides is 2. The quantitative estimate of drug-likeness (QED) is 0.530. The van der Waals surface area contributed by atoms with Gasteiger partial charge in [-0.1, -0.05) is 6.07 Å². The SMILES string of the molecule is CC(C)n1nc(SNC(=O)Nc2c3c(cc4c2CCC4)CCC3)cc1CN(C)CC(F)(F)F. The van der Waals surface area contributed by atoms with Gasteiger partial charge in [0, 0.05) is 30.2 Å². The van der Waals surface area contributed by atoms with Crippen molar-refractivity contribution in [2.24, 2.45) is 0 Å². The molecule has 2 aliphatic rings. The van der Waals surface area contributed by atoms with Crippen LogP contribution in [0.1, 0.15) is 60.7 Å². The number of hydrogen-bond donors (Lipinski definition) is 2. The van der Waals surface area contributed by atoms with E-state index < -0.39 is 12.7 Å². The molecule has 0 fully saturated rings. The van der Waals surface area contributed by atoms with E-state index in [2.05, 4.69) is 21.2 Å². The number of carbonyl (C=O) groups is 1. The minimum Gasteiger partial charge on any atom is -0.307 e. The summed E-state index contributed by atoms with van der Waals surface area (Å²) in [6.07, 6.45) is 2.06. The molecule has 0 saturated heterocycles. The molecule has 0 bridgehead atoms. The molecule has 1 heterocycles. The van der Waals surface area contributed by atoms with E-state index in [9.17, 15) is 18.0 Å². The molecule has 2 N–H and O–H groups in total. The minimum atomic E-state index is -4.26. The molecular weight excluding hydrogens is 451 g/mol. The number of carbonyl (C=O) groups excluding carboxylic acids is 1. The number of nitrogens with one attached hydrogen (secondary N) is 2. The average molecular weight is 482 g/mol. The highest BCUT2D eigenvalue weighted by Gasteiger charge is 2.30. The van der Waals surface area contributed by atoms with E-state index in [1.54, 1.807) is 10.7 Å². The first-order valence-electron chi connectivity index (χ1n) is 11.3. The van der Waals surface area contributed by atoms with E-state index in [4.69, 9.17) is 0 Å². The molecule has 2 aromatic rings. The Morgan fingerprint density at radius 2 is 1.79 bits per heavy atom. The normalized spacial score (nSPS) is 15.3. The molecule has 10 heteroatoms. The lowest BCUT2D eigenvalue weighted by Gasteiger charge is -2.19. The van der Waals surface area contributed by atoms with Crippen LogP contribution in [0.2, 0.25) is 0 Å². The van der Waals surface area contributed by atoms with Gasteiger partial charge in [0.25, 0.3) is 0 Å². The van der Waals surface area contributed by atoms with Crippen LogP contribution in [0.25, 0.3) is 0 Å². The van der Waals surface area contributed by atoms with Crippen LogP contribution in [-0.4, -0.2) is 40.5 Å². The third kappa shape index (κ3) is 5.66. The van der Waals surface area contributed by atoms with Crippen molar-refractivity contribution < 1.29 is 18.0 Å². The van der Waals surface area contributed by atoms with Gasteiger partial charge in [0.05, 0.1) is 12.2 Å². The maximum atomic E-state index is 12.7. The third-order valence-corrected chi connectivity index (χ3v) is 6.82. The van der Waals surface area contributed by atoms with Crippen LogP contribution in [-0.2, 0) is 32.2 Å². The maximum absolute atomic E-state index is 12.7. The van der Waals surface area contributed by atoms with Crippen molar-refractivity contribution in [1.29, 1.82) is 0 Å². The van der Waals surface area contributed by atoms with Crippen molar-refractivity contribution in [3.8, 4) is 0 Å². The van der Waals surface area contributed by atoms with Crippen molar-refractivity contribution >= 4 is 23.7 Å². The Hall–Kier alpha value is -2.20. The van der Waals surface area contributed by atoms with Gasteiger partial charge in [-0.25, -0.2) is 4.79 Å². The summed E-state index contributed by atoms with van der Waals surface area (Å²) in [5, 5.41) is 8.10. The first kappa shape index (κ1) is 23.9. The van der Waals surface area contributed by atoms with Crippen molar-refractivity contribution in [2.45, 2.75) is 76.2 Å². The third-order valence-electron chi connectivity index (χ3n) is 6.12. The molecule has 33 heavy (non-hydrogen) atoms. The molecule has 180 valence electrons. The first-order valence-corrected chi connectivity index (χ1v) is 12.2. The van der Waals surface area contributed by atoms with Crippen LogP contribution in [0, 0.1) is 0 Å². The zero-order valence-electron chi connectivity index (χ0n) is 19.2. The summed E-state index contributed by atoms with van der Waals surface area (Å²) in [5.41, 5.74) is 6.85. The topological polar surface area (TPSA) is 62.2 Å². The van der Waals surface area contributed by atoms with Gasteiger partial charge in [-0.2, -0.15) is 18.3 Å². The molecule has 2 amide bonds. The van der Waals surface area contributed by atoms with Crippen molar-refractivity contribution in [2.75, 3.05) is 18.9 Å². The number of urea groups is 1. The predicted octanol–water partition coefficient (Wildman–Crippen LogP) is 5.26. The monoisotopic (exact) mass is 481 g/mol. The molecule has 0 unspecified atom stereocenters. The Bertz CT molecular complexity index is 1000. The Kier molecular flexibility index (Phi) is 6.95. The van der Waals surface area contributed by atoms with Gasteiger partial charge in [0.1, 0.15) is 5.03 Å². The van der Waals surface area contributed by atoms with Crippen LogP contribution >= 0.6 is 11.9 Å². The Balaban J connectivity index is 1.42. The summed E-state index contributed by atoms with van der Waals surface area (Å²) >= 11 is 1.07. The number of halogens is 3. The molecule has 0 spiro atoms. The van der Waals surface area contributed by atoms with Gasteiger partial charge >= 0.3 is 12.2 Å². The van der Waals surface area contributed by atoms with Gasteiger partial charge in [0.15, 0.2) is 0 Å². The van der Waals surface area contributed by atoms with Gasteiger partial charge < -0.3 is 5.32 Å². The van der Waals surface area contributed by atoms with Crippen LogP contribution in [0.15, 0.2) is 17.2 Å². The number of benzene rings is 1. The molecular formula is C23H30F3N5OS. The fourth-order valence-corrected chi connectivity index (χ4v) is 5.44. The Morgan fingerprint density at radius 3 is 2.36 bits per heavy atom. The van der Waals surface area contributed by atoms with Crippen LogP contribution in [0.5, 0.6) is 0 Å². The minimum absolute atomic E-state index is 0.0167. The fraction of sp³-hybridized carbons (Fsp3) is 0.565. The number of aryl methyl sites for hydroxylation is 2. The van der Waals surface area contributed by atoms with Gasteiger partial charge in [0.2, 0.25) is 0 Å². The highest BCUT2D eigenvalue weighted by atomic mass is 32.2. The van der Waals surface area contributed by atoms with Crippen LogP contribution in [0.4, 0.5) is 23.7 Å².